The molecule has 0 heterocycles. The summed E-state index contributed by atoms with van der Waals surface area (Å²) >= 11 is 0. The van der Waals surface area contributed by atoms with Crippen molar-refractivity contribution in [3.8, 4) is 0 Å². The van der Waals surface area contributed by atoms with E-state index in [1.165, 1.54) is 5.56 Å². The molecule has 0 fully saturated rings. The van der Waals surface area contributed by atoms with Gasteiger partial charge in [0.15, 0.2) is 0 Å². The van der Waals surface area contributed by atoms with Crippen LogP contribution in [0.5, 0.6) is 0 Å². The van der Waals surface area contributed by atoms with E-state index < -0.39 is 0 Å². The highest BCUT2D eigenvalue weighted by molar-refractivity contribution is 5.76. The number of ether oxygens (including phenoxy) is 9. The maximum Gasteiger partial charge on any atom is 0.222 e. The predicted octanol–water partition coefficient (Wildman–Crippen LogP) is 4.00. The van der Waals surface area contributed by atoms with E-state index in [1.54, 1.807) is 0 Å². The quantitative estimate of drug-likeness (QED) is 0.0951. The first-order valence-corrected chi connectivity index (χ1v) is 19.1. The molecule has 2 amide bonds. The van der Waals surface area contributed by atoms with E-state index in [2.05, 4.69) is 55.7 Å². The third-order valence-electron chi connectivity index (χ3n) is 7.38. The zero-order chi connectivity index (χ0) is 37.6. The minimum atomic E-state index is -0.0873. The summed E-state index contributed by atoms with van der Waals surface area (Å²) in [5.74, 6) is -0.173. The first kappa shape index (κ1) is 47.8. The molecular formula is C39H70N2O11. The van der Waals surface area contributed by atoms with Crippen LogP contribution >= 0.6 is 0 Å². The Morgan fingerprint density at radius 2 is 0.827 bits per heavy atom. The number of rotatable bonds is 38. The fourth-order valence-corrected chi connectivity index (χ4v) is 4.54. The lowest BCUT2D eigenvalue weighted by atomic mass is 9.91. The van der Waals surface area contributed by atoms with E-state index >= 15 is 0 Å². The number of hydrogen-bond acceptors (Lipinski definition) is 11. The van der Waals surface area contributed by atoms with Crippen molar-refractivity contribution in [2.24, 2.45) is 5.41 Å². The van der Waals surface area contributed by atoms with E-state index in [4.69, 9.17) is 42.6 Å². The fourth-order valence-electron chi connectivity index (χ4n) is 4.54. The second-order valence-corrected chi connectivity index (χ2v) is 13.3. The summed E-state index contributed by atoms with van der Waals surface area (Å²) in [6.45, 7) is 16.4. The molecule has 0 aromatic heterocycles. The lowest BCUT2D eigenvalue weighted by Crippen LogP contribution is -2.28. The van der Waals surface area contributed by atoms with Crippen LogP contribution in [0.3, 0.4) is 0 Å². The fraction of sp³-hybridized carbons (Fsp3) is 0.795. The van der Waals surface area contributed by atoms with Gasteiger partial charge in [-0.2, -0.15) is 0 Å². The third kappa shape index (κ3) is 36.2. The normalized spacial score (nSPS) is 11.6. The maximum absolute atomic E-state index is 11.9. The Kier molecular flexibility index (Phi) is 32.9. The van der Waals surface area contributed by atoms with Crippen LogP contribution < -0.4 is 10.6 Å². The number of carbonyl (C=O) groups excluding carboxylic acids is 2. The highest BCUT2D eigenvalue weighted by Gasteiger charge is 2.09. The summed E-state index contributed by atoms with van der Waals surface area (Å²) in [6.07, 6.45) is 5.99. The Hall–Kier alpha value is -2.20. The summed E-state index contributed by atoms with van der Waals surface area (Å²) in [5, 5.41) is 5.61. The van der Waals surface area contributed by atoms with E-state index in [9.17, 15) is 9.59 Å². The lowest BCUT2D eigenvalue weighted by Gasteiger charge is -2.17. The number of carbonyl (C=O) groups is 2. The third-order valence-corrected chi connectivity index (χ3v) is 7.38. The highest BCUT2D eigenvalue weighted by atomic mass is 16.6. The number of hydrogen-bond donors (Lipinski definition) is 2. The van der Waals surface area contributed by atoms with Gasteiger partial charge in [-0.15, -0.1) is 0 Å². The summed E-state index contributed by atoms with van der Waals surface area (Å²) in [7, 11) is 0. The SMILES string of the molecule is CC(C)(C)CCCOCCOCCOCCNC(=O)CCOCCOCCOCCC(=O)NCCOCCOCCOCCCCc1ccccc1. The van der Waals surface area contributed by atoms with E-state index in [0.29, 0.717) is 124 Å². The minimum Gasteiger partial charge on any atom is -0.379 e. The van der Waals surface area contributed by atoms with Gasteiger partial charge in [0.05, 0.1) is 106 Å². The van der Waals surface area contributed by atoms with Gasteiger partial charge >= 0.3 is 0 Å². The molecule has 0 atom stereocenters. The molecule has 0 unspecified atom stereocenters. The monoisotopic (exact) mass is 742 g/mol. The van der Waals surface area contributed by atoms with E-state index in [0.717, 1.165) is 45.3 Å². The van der Waals surface area contributed by atoms with E-state index in [-0.39, 0.29) is 24.7 Å². The van der Waals surface area contributed by atoms with Crippen LogP contribution in [-0.2, 0) is 58.6 Å². The lowest BCUT2D eigenvalue weighted by molar-refractivity contribution is -0.123. The molecule has 2 N–H and O–H groups in total. The van der Waals surface area contributed by atoms with Crippen molar-refractivity contribution in [1.82, 2.24) is 10.6 Å². The van der Waals surface area contributed by atoms with Crippen molar-refractivity contribution >= 4 is 11.8 Å². The van der Waals surface area contributed by atoms with Gasteiger partial charge in [0.25, 0.3) is 0 Å². The summed E-state index contributed by atoms with van der Waals surface area (Å²) < 4.78 is 49.5. The maximum atomic E-state index is 11.9. The average Bonchev–Trinajstić information content (AvgIpc) is 3.12. The Labute approximate surface area is 313 Å². The molecule has 0 aliphatic heterocycles. The van der Waals surface area contributed by atoms with Crippen molar-refractivity contribution in [2.45, 2.75) is 65.7 Å². The van der Waals surface area contributed by atoms with Gasteiger partial charge in [-0.05, 0) is 43.1 Å². The number of aryl methyl sites for hydroxylation is 1. The number of amides is 2. The Bertz CT molecular complexity index is 935. The Balaban J connectivity index is 1.70. The van der Waals surface area contributed by atoms with Gasteiger partial charge in [0.2, 0.25) is 11.8 Å². The largest absolute Gasteiger partial charge is 0.379 e. The van der Waals surface area contributed by atoms with Crippen molar-refractivity contribution in [3.05, 3.63) is 35.9 Å². The zero-order valence-electron chi connectivity index (χ0n) is 32.5. The molecular weight excluding hydrogens is 672 g/mol. The zero-order valence-corrected chi connectivity index (χ0v) is 32.5. The smallest absolute Gasteiger partial charge is 0.222 e. The Morgan fingerprint density at radius 3 is 1.25 bits per heavy atom. The number of unbranched alkanes of at least 4 members (excludes halogenated alkanes) is 1. The second kappa shape index (κ2) is 35.8. The summed E-state index contributed by atoms with van der Waals surface area (Å²) in [4.78, 5) is 23.8. The second-order valence-electron chi connectivity index (χ2n) is 13.3. The van der Waals surface area contributed by atoms with Crippen LogP contribution in [0.4, 0.5) is 0 Å². The first-order valence-electron chi connectivity index (χ1n) is 19.1. The molecule has 0 saturated heterocycles. The molecule has 0 aliphatic carbocycles. The van der Waals surface area contributed by atoms with Crippen LogP contribution in [0, 0.1) is 5.41 Å². The topological polar surface area (TPSA) is 141 Å². The molecule has 52 heavy (non-hydrogen) atoms. The molecule has 0 aliphatic rings. The van der Waals surface area contributed by atoms with Gasteiger partial charge in [-0.25, -0.2) is 0 Å². The molecule has 0 radical (unpaired) electrons. The number of benzene rings is 1. The predicted molar refractivity (Wildman–Crippen MR) is 201 cm³/mol. The molecule has 1 aromatic carbocycles. The standard InChI is InChI=1S/C39H70N2O11/c1-39(2,3)15-9-19-45-25-31-51-35-29-49-23-17-41-38(43)14-21-47-27-33-52-32-26-46-20-13-37(42)40-16-22-48-28-34-50-30-24-44-18-8-7-12-36-10-5-4-6-11-36/h4-6,10-11H,7-9,12-35H2,1-3H3,(H,40,42)(H,41,43). The summed E-state index contributed by atoms with van der Waals surface area (Å²) in [6, 6.07) is 10.5. The molecule has 13 heteroatoms. The number of nitrogens with one attached hydrogen (secondary N) is 2. The molecule has 0 spiro atoms. The van der Waals surface area contributed by atoms with Gasteiger partial charge < -0.3 is 53.3 Å². The van der Waals surface area contributed by atoms with Crippen molar-refractivity contribution in [1.29, 1.82) is 0 Å². The molecule has 1 rings (SSSR count). The molecule has 0 saturated carbocycles. The van der Waals surface area contributed by atoms with Gasteiger partial charge in [0, 0.05) is 39.1 Å². The molecule has 1 aromatic rings. The summed E-state index contributed by atoms with van der Waals surface area (Å²) in [5.41, 5.74) is 1.71. The van der Waals surface area contributed by atoms with Crippen LogP contribution in [-0.4, -0.2) is 144 Å². The van der Waals surface area contributed by atoms with Crippen molar-refractivity contribution in [2.75, 3.05) is 132 Å². The average molecular weight is 743 g/mol. The minimum absolute atomic E-state index is 0.0858. The van der Waals surface area contributed by atoms with Crippen LogP contribution in [0.25, 0.3) is 0 Å². The van der Waals surface area contributed by atoms with E-state index in [1.807, 2.05) is 6.07 Å². The van der Waals surface area contributed by atoms with Crippen molar-refractivity contribution < 1.29 is 52.2 Å². The molecule has 302 valence electrons. The molecule has 0 bridgehead atoms. The van der Waals surface area contributed by atoms with Gasteiger partial charge in [-0.1, -0.05) is 51.1 Å². The van der Waals surface area contributed by atoms with Gasteiger partial charge in [0.1, 0.15) is 0 Å². The van der Waals surface area contributed by atoms with Crippen LogP contribution in [0.1, 0.15) is 64.9 Å². The first-order chi connectivity index (χ1) is 25.4. The highest BCUT2D eigenvalue weighted by Crippen LogP contribution is 2.20. The van der Waals surface area contributed by atoms with Crippen LogP contribution in [0.15, 0.2) is 30.3 Å². The van der Waals surface area contributed by atoms with Crippen LogP contribution in [0.2, 0.25) is 0 Å². The van der Waals surface area contributed by atoms with Crippen molar-refractivity contribution in [3.63, 3.8) is 0 Å². The van der Waals surface area contributed by atoms with Gasteiger partial charge in [-0.3, -0.25) is 9.59 Å². The Morgan fingerprint density at radius 1 is 0.462 bits per heavy atom. The molecule has 13 nitrogen and oxygen atoms in total.